The molecule has 6 nitrogen and oxygen atoms in total. The third-order valence-corrected chi connectivity index (χ3v) is 6.14. The number of hydrogen-bond donors (Lipinski definition) is 1. The van der Waals surface area contributed by atoms with Crippen molar-refractivity contribution in [3.8, 4) is 0 Å². The van der Waals surface area contributed by atoms with Crippen LogP contribution in [0.3, 0.4) is 0 Å². The Morgan fingerprint density at radius 3 is 2.43 bits per heavy atom. The molecule has 2 fully saturated rings. The van der Waals surface area contributed by atoms with Crippen molar-refractivity contribution in [3.63, 3.8) is 0 Å². The first-order chi connectivity index (χ1) is 9.49. The number of likely N-dealkylation sites (N-methyl/N-ethyl adjacent to an activating group) is 1. The monoisotopic (exact) mass is 339 g/mol. The second-order valence-electron chi connectivity index (χ2n) is 5.79. The van der Waals surface area contributed by atoms with Crippen LogP contribution < -0.4 is 5.32 Å². The number of rotatable bonds is 6. The number of carbonyl (C=O) groups is 1. The van der Waals surface area contributed by atoms with Gasteiger partial charge in [-0.2, -0.15) is 4.31 Å². The van der Waals surface area contributed by atoms with Gasteiger partial charge in [-0.15, -0.1) is 12.4 Å². The van der Waals surface area contributed by atoms with E-state index >= 15 is 0 Å². The third kappa shape index (κ3) is 5.39. The van der Waals surface area contributed by atoms with Crippen molar-refractivity contribution >= 4 is 28.3 Å². The highest BCUT2D eigenvalue weighted by atomic mass is 35.5. The molecule has 0 radical (unpaired) electrons. The molecule has 2 aliphatic rings. The fourth-order valence-corrected chi connectivity index (χ4v) is 3.81. The Balaban J connectivity index is 0.00000220. The van der Waals surface area contributed by atoms with Gasteiger partial charge < -0.3 is 10.2 Å². The minimum Gasteiger partial charge on any atom is -0.339 e. The second kappa shape index (κ2) is 8.31. The van der Waals surface area contributed by atoms with Crippen LogP contribution in [0.15, 0.2) is 0 Å². The topological polar surface area (TPSA) is 69.7 Å². The van der Waals surface area contributed by atoms with Crippen LogP contribution in [0.4, 0.5) is 0 Å². The Morgan fingerprint density at radius 2 is 1.90 bits per heavy atom. The van der Waals surface area contributed by atoms with Crippen LogP contribution in [0, 0.1) is 5.92 Å². The summed E-state index contributed by atoms with van der Waals surface area (Å²) in [5, 5.41) is 3.17. The van der Waals surface area contributed by atoms with E-state index in [1.54, 1.807) is 4.90 Å². The average Bonchev–Trinajstić information content (AvgIpc) is 2.37. The lowest BCUT2D eigenvalue weighted by molar-refractivity contribution is -0.131. The average molecular weight is 340 g/mol. The highest BCUT2D eigenvalue weighted by molar-refractivity contribution is 7.89. The normalized spacial score (nSPS) is 20.0. The molecule has 21 heavy (non-hydrogen) atoms. The molecule has 2 rings (SSSR count). The Hall–Kier alpha value is -0.370. The van der Waals surface area contributed by atoms with E-state index in [1.165, 1.54) is 17.8 Å². The Morgan fingerprint density at radius 1 is 1.29 bits per heavy atom. The van der Waals surface area contributed by atoms with Crippen LogP contribution in [0.25, 0.3) is 0 Å². The number of nitrogens with one attached hydrogen (secondary N) is 1. The van der Waals surface area contributed by atoms with Crippen molar-refractivity contribution in [2.24, 2.45) is 5.92 Å². The van der Waals surface area contributed by atoms with Gasteiger partial charge in [-0.1, -0.05) is 19.3 Å². The first kappa shape index (κ1) is 18.7. The number of piperazine rings is 1. The summed E-state index contributed by atoms with van der Waals surface area (Å²) in [5.41, 5.74) is 0. The number of amides is 1. The predicted molar refractivity (Wildman–Crippen MR) is 85.1 cm³/mol. The van der Waals surface area contributed by atoms with E-state index in [2.05, 4.69) is 5.32 Å². The van der Waals surface area contributed by atoms with Crippen LogP contribution in [0.5, 0.6) is 0 Å². The minimum absolute atomic E-state index is 0. The van der Waals surface area contributed by atoms with Gasteiger partial charge in [0.15, 0.2) is 0 Å². The molecule has 0 aromatic heterocycles. The molecule has 1 saturated heterocycles. The van der Waals surface area contributed by atoms with Crippen molar-refractivity contribution in [2.75, 3.05) is 45.5 Å². The highest BCUT2D eigenvalue weighted by Crippen LogP contribution is 2.29. The maximum absolute atomic E-state index is 12.1. The molecule has 0 atom stereocenters. The van der Waals surface area contributed by atoms with Crippen LogP contribution in [0.1, 0.15) is 25.7 Å². The maximum Gasteiger partial charge on any atom is 0.237 e. The SMILES string of the molecule is CN(CC(=O)N1CCNCC1)S(=O)(=O)CCC1CCC1.Cl. The predicted octanol–water partition coefficient (Wildman–Crippen LogP) is 0.292. The largest absolute Gasteiger partial charge is 0.339 e. The van der Waals surface area contributed by atoms with Gasteiger partial charge in [0.2, 0.25) is 15.9 Å². The number of carbonyl (C=O) groups excluding carboxylic acids is 1. The summed E-state index contributed by atoms with van der Waals surface area (Å²) in [6, 6.07) is 0. The van der Waals surface area contributed by atoms with E-state index in [0.717, 1.165) is 32.4 Å². The molecule has 0 spiro atoms. The molecule has 124 valence electrons. The Kier molecular flexibility index (Phi) is 7.39. The Bertz CT molecular complexity index is 434. The number of halogens is 1. The van der Waals surface area contributed by atoms with Gasteiger partial charge in [0.1, 0.15) is 0 Å². The van der Waals surface area contributed by atoms with Gasteiger partial charge >= 0.3 is 0 Å². The summed E-state index contributed by atoms with van der Waals surface area (Å²) >= 11 is 0. The van der Waals surface area contributed by atoms with Gasteiger partial charge in [-0.3, -0.25) is 4.79 Å². The molecule has 1 heterocycles. The molecular weight excluding hydrogens is 314 g/mol. The molecule has 1 amide bonds. The van der Waals surface area contributed by atoms with Gasteiger partial charge in [0.25, 0.3) is 0 Å². The molecule has 1 aliphatic heterocycles. The number of sulfonamides is 1. The zero-order valence-corrected chi connectivity index (χ0v) is 14.2. The molecule has 0 aromatic rings. The first-order valence-corrected chi connectivity index (χ1v) is 9.02. The lowest BCUT2D eigenvalue weighted by Gasteiger charge is -2.29. The summed E-state index contributed by atoms with van der Waals surface area (Å²) in [4.78, 5) is 13.8. The van der Waals surface area contributed by atoms with E-state index in [0.29, 0.717) is 19.0 Å². The number of nitrogens with zero attached hydrogens (tertiary/aromatic N) is 2. The van der Waals surface area contributed by atoms with Crippen LogP contribution in [0.2, 0.25) is 0 Å². The van der Waals surface area contributed by atoms with Crippen LogP contribution >= 0.6 is 12.4 Å². The van der Waals surface area contributed by atoms with E-state index in [9.17, 15) is 13.2 Å². The highest BCUT2D eigenvalue weighted by Gasteiger charge is 2.26. The second-order valence-corrected chi connectivity index (χ2v) is 7.98. The fourth-order valence-electron chi connectivity index (χ4n) is 2.56. The van der Waals surface area contributed by atoms with Gasteiger partial charge in [-0.05, 0) is 12.3 Å². The lowest BCUT2D eigenvalue weighted by atomic mass is 9.84. The van der Waals surface area contributed by atoms with Crippen molar-refractivity contribution in [2.45, 2.75) is 25.7 Å². The molecule has 0 bridgehead atoms. The standard InChI is InChI=1S/C13H25N3O3S.ClH/c1-15(11-13(17)16-8-6-14-7-9-16)20(18,19)10-5-12-3-2-4-12;/h12,14H,2-11H2,1H3;1H. The van der Waals surface area contributed by atoms with Gasteiger partial charge in [0.05, 0.1) is 12.3 Å². The number of hydrogen-bond acceptors (Lipinski definition) is 4. The van der Waals surface area contributed by atoms with E-state index in [4.69, 9.17) is 0 Å². The van der Waals surface area contributed by atoms with Crippen LogP contribution in [-0.2, 0) is 14.8 Å². The van der Waals surface area contributed by atoms with Crippen molar-refractivity contribution in [1.29, 1.82) is 0 Å². The summed E-state index contributed by atoms with van der Waals surface area (Å²) in [6.07, 6.45) is 4.26. The molecule has 8 heteroatoms. The van der Waals surface area contributed by atoms with Crippen molar-refractivity contribution < 1.29 is 13.2 Å². The first-order valence-electron chi connectivity index (χ1n) is 7.41. The Labute approximate surface area is 133 Å². The molecule has 0 unspecified atom stereocenters. The maximum atomic E-state index is 12.1. The third-order valence-electron chi connectivity index (χ3n) is 4.31. The molecule has 1 N–H and O–H groups in total. The summed E-state index contributed by atoms with van der Waals surface area (Å²) in [6.45, 7) is 2.85. The van der Waals surface area contributed by atoms with Gasteiger partial charge in [0, 0.05) is 33.2 Å². The summed E-state index contributed by atoms with van der Waals surface area (Å²) in [5.74, 6) is 0.645. The lowest BCUT2D eigenvalue weighted by Crippen LogP contribution is -2.50. The molecule has 1 aliphatic carbocycles. The van der Waals surface area contributed by atoms with Crippen molar-refractivity contribution in [3.05, 3.63) is 0 Å². The van der Waals surface area contributed by atoms with Gasteiger partial charge in [-0.25, -0.2) is 8.42 Å². The smallest absolute Gasteiger partial charge is 0.237 e. The minimum atomic E-state index is -3.30. The zero-order chi connectivity index (χ0) is 14.6. The van der Waals surface area contributed by atoms with Crippen molar-refractivity contribution in [1.82, 2.24) is 14.5 Å². The zero-order valence-electron chi connectivity index (χ0n) is 12.6. The fraction of sp³-hybridized carbons (Fsp3) is 0.923. The summed E-state index contributed by atoms with van der Waals surface area (Å²) < 4.78 is 25.5. The van der Waals surface area contributed by atoms with E-state index < -0.39 is 10.0 Å². The molecule has 1 saturated carbocycles. The van der Waals surface area contributed by atoms with Crippen LogP contribution in [-0.4, -0.2) is 69.1 Å². The van der Waals surface area contributed by atoms with E-state index in [1.807, 2.05) is 0 Å². The summed E-state index contributed by atoms with van der Waals surface area (Å²) in [7, 11) is -1.78. The quantitative estimate of drug-likeness (QED) is 0.755. The molecule has 0 aromatic carbocycles. The molecular formula is C13H26ClN3O3S. The van der Waals surface area contributed by atoms with E-state index in [-0.39, 0.29) is 30.6 Å².